The largest absolute Gasteiger partial charge is 0.310 e. The molecular formula is C19H23ClN2OS. The summed E-state index contributed by atoms with van der Waals surface area (Å²) in [7, 11) is 4.07. The lowest BCUT2D eigenvalue weighted by Crippen LogP contribution is -2.36. The molecule has 1 aliphatic rings. The summed E-state index contributed by atoms with van der Waals surface area (Å²) in [5, 5.41) is 0.175. The van der Waals surface area contributed by atoms with Crippen molar-refractivity contribution >= 4 is 35.8 Å². The number of likely N-dealkylation sites (N-methyl/N-ethyl adjacent to an activating group) is 1. The van der Waals surface area contributed by atoms with E-state index in [0.717, 1.165) is 18.8 Å². The van der Waals surface area contributed by atoms with Crippen molar-refractivity contribution in [2.24, 2.45) is 0 Å². The fourth-order valence-corrected chi connectivity index (χ4v) is 4.06. The van der Waals surface area contributed by atoms with Gasteiger partial charge in [-0.15, -0.1) is 24.2 Å². The molecule has 3 rings (SSSR count). The van der Waals surface area contributed by atoms with Gasteiger partial charge in [0, 0.05) is 29.7 Å². The summed E-state index contributed by atoms with van der Waals surface area (Å²) >= 11 is 1.80. The highest BCUT2D eigenvalue weighted by Crippen LogP contribution is 2.45. The highest BCUT2D eigenvalue weighted by atomic mass is 35.5. The molecule has 3 nitrogen and oxygen atoms in total. The zero-order valence-electron chi connectivity index (χ0n) is 14.0. The van der Waals surface area contributed by atoms with Gasteiger partial charge in [0.2, 0.25) is 5.91 Å². The number of para-hydroxylation sites is 1. The van der Waals surface area contributed by atoms with Gasteiger partial charge < -0.3 is 9.80 Å². The predicted molar refractivity (Wildman–Crippen MR) is 104 cm³/mol. The van der Waals surface area contributed by atoms with Crippen molar-refractivity contribution < 1.29 is 4.79 Å². The van der Waals surface area contributed by atoms with E-state index in [-0.39, 0.29) is 23.6 Å². The molecule has 0 saturated carbocycles. The van der Waals surface area contributed by atoms with Gasteiger partial charge >= 0.3 is 0 Å². The minimum atomic E-state index is 0. The molecule has 0 saturated heterocycles. The molecule has 1 atom stereocenters. The number of carbonyl (C=O) groups is 1. The van der Waals surface area contributed by atoms with Crippen LogP contribution in [-0.4, -0.2) is 38.0 Å². The van der Waals surface area contributed by atoms with Gasteiger partial charge in [0.15, 0.2) is 0 Å². The van der Waals surface area contributed by atoms with Crippen molar-refractivity contribution in [3.8, 4) is 0 Å². The van der Waals surface area contributed by atoms with Crippen molar-refractivity contribution in [3.63, 3.8) is 0 Å². The smallest absolute Gasteiger partial charge is 0.228 e. The van der Waals surface area contributed by atoms with Crippen LogP contribution in [0.3, 0.4) is 0 Å². The summed E-state index contributed by atoms with van der Waals surface area (Å²) in [6.07, 6.45) is 0.538. The molecule has 0 radical (unpaired) electrons. The fraction of sp³-hybridized carbons (Fsp3) is 0.316. The Morgan fingerprint density at radius 3 is 2.46 bits per heavy atom. The normalized spacial score (nSPS) is 17.2. The molecule has 2 aromatic rings. The third kappa shape index (κ3) is 4.32. The van der Waals surface area contributed by atoms with Gasteiger partial charge in [0.25, 0.3) is 0 Å². The Hall–Kier alpha value is -1.49. The monoisotopic (exact) mass is 362 g/mol. The third-order valence-corrected chi connectivity index (χ3v) is 5.35. The van der Waals surface area contributed by atoms with Crippen molar-refractivity contribution in [3.05, 3.63) is 60.2 Å². The van der Waals surface area contributed by atoms with E-state index in [4.69, 9.17) is 0 Å². The van der Waals surface area contributed by atoms with Crippen LogP contribution in [0, 0.1) is 0 Å². The van der Waals surface area contributed by atoms with Gasteiger partial charge in [-0.1, -0.05) is 42.5 Å². The van der Waals surface area contributed by atoms with E-state index in [0.29, 0.717) is 6.42 Å². The molecule has 0 fully saturated rings. The molecule has 1 heterocycles. The molecule has 0 bridgehead atoms. The van der Waals surface area contributed by atoms with E-state index in [1.54, 1.807) is 11.8 Å². The van der Waals surface area contributed by atoms with Crippen LogP contribution >= 0.6 is 24.2 Å². The van der Waals surface area contributed by atoms with Crippen LogP contribution in [0.5, 0.6) is 0 Å². The number of amides is 1. The second kappa shape index (κ2) is 8.56. The molecule has 128 valence electrons. The lowest BCUT2D eigenvalue weighted by atomic mass is 10.1. The molecule has 0 N–H and O–H groups in total. The molecular weight excluding hydrogens is 340 g/mol. The van der Waals surface area contributed by atoms with Crippen LogP contribution in [0.4, 0.5) is 5.69 Å². The number of hydrogen-bond acceptors (Lipinski definition) is 3. The van der Waals surface area contributed by atoms with Gasteiger partial charge in [-0.25, -0.2) is 0 Å². The van der Waals surface area contributed by atoms with Crippen LogP contribution in [0.2, 0.25) is 0 Å². The van der Waals surface area contributed by atoms with Gasteiger partial charge in [-0.05, 0) is 31.8 Å². The van der Waals surface area contributed by atoms with Crippen LogP contribution < -0.4 is 4.90 Å². The van der Waals surface area contributed by atoms with Crippen molar-refractivity contribution in [1.29, 1.82) is 0 Å². The number of carbonyl (C=O) groups excluding carboxylic acids is 1. The molecule has 1 unspecified atom stereocenters. The maximum absolute atomic E-state index is 12.9. The summed E-state index contributed by atoms with van der Waals surface area (Å²) < 4.78 is 0. The summed E-state index contributed by atoms with van der Waals surface area (Å²) in [6, 6.07) is 18.6. The Bertz CT molecular complexity index is 678. The molecule has 2 aromatic carbocycles. The fourth-order valence-electron chi connectivity index (χ4n) is 2.78. The number of rotatable bonds is 4. The first-order valence-electron chi connectivity index (χ1n) is 7.91. The van der Waals surface area contributed by atoms with E-state index in [1.807, 2.05) is 49.3 Å². The minimum Gasteiger partial charge on any atom is -0.310 e. The highest BCUT2D eigenvalue weighted by Gasteiger charge is 2.28. The average Bonchev–Trinajstić information content (AvgIpc) is 2.70. The average molecular weight is 363 g/mol. The van der Waals surface area contributed by atoms with E-state index in [9.17, 15) is 4.79 Å². The van der Waals surface area contributed by atoms with Gasteiger partial charge in [-0.2, -0.15) is 0 Å². The second-order valence-electron chi connectivity index (χ2n) is 6.04. The number of benzene rings is 2. The van der Waals surface area contributed by atoms with E-state index in [2.05, 4.69) is 29.2 Å². The van der Waals surface area contributed by atoms with Gasteiger partial charge in [0.05, 0.1) is 5.69 Å². The standard InChI is InChI=1S/C19H22N2OS.ClH/c1-20(2)12-13-21-16-10-6-7-11-17(16)23-18(14-19(21)22)15-8-4-3-5-9-15;/h3-11,18H,12-14H2,1-2H3;1H. The van der Waals surface area contributed by atoms with Gasteiger partial charge in [0.1, 0.15) is 0 Å². The van der Waals surface area contributed by atoms with Crippen LogP contribution in [0.15, 0.2) is 59.5 Å². The Balaban J connectivity index is 0.00000208. The SMILES string of the molecule is CN(C)CCN1C(=O)CC(c2ccccc2)Sc2ccccc21.Cl. The molecule has 1 aliphatic heterocycles. The zero-order valence-corrected chi connectivity index (χ0v) is 15.6. The number of halogens is 1. The number of hydrogen-bond donors (Lipinski definition) is 0. The number of thioether (sulfide) groups is 1. The Morgan fingerprint density at radius 1 is 1.08 bits per heavy atom. The van der Waals surface area contributed by atoms with Gasteiger partial charge in [-0.3, -0.25) is 4.79 Å². The van der Waals surface area contributed by atoms with Crippen molar-refractivity contribution in [1.82, 2.24) is 4.90 Å². The first kappa shape index (κ1) is 18.8. The second-order valence-corrected chi connectivity index (χ2v) is 7.28. The molecule has 5 heteroatoms. The first-order valence-corrected chi connectivity index (χ1v) is 8.79. The maximum Gasteiger partial charge on any atom is 0.228 e. The number of anilines is 1. The summed E-state index contributed by atoms with van der Waals surface area (Å²) in [5.41, 5.74) is 2.26. The Kier molecular flexibility index (Phi) is 6.72. The Labute approximate surface area is 154 Å². The molecule has 0 spiro atoms. The zero-order chi connectivity index (χ0) is 16.2. The van der Waals surface area contributed by atoms with Crippen LogP contribution in [0.1, 0.15) is 17.2 Å². The summed E-state index contributed by atoms with van der Waals surface area (Å²) in [6.45, 7) is 1.59. The highest BCUT2D eigenvalue weighted by molar-refractivity contribution is 7.99. The molecule has 0 aromatic heterocycles. The van der Waals surface area contributed by atoms with Crippen LogP contribution in [-0.2, 0) is 4.79 Å². The lowest BCUT2D eigenvalue weighted by molar-refractivity contribution is -0.118. The Morgan fingerprint density at radius 2 is 1.75 bits per heavy atom. The molecule has 0 aliphatic carbocycles. The van der Waals surface area contributed by atoms with Crippen molar-refractivity contribution in [2.75, 3.05) is 32.1 Å². The minimum absolute atomic E-state index is 0. The third-order valence-electron chi connectivity index (χ3n) is 4.03. The number of nitrogens with zero attached hydrogens (tertiary/aromatic N) is 2. The quantitative estimate of drug-likeness (QED) is 0.812. The van der Waals surface area contributed by atoms with E-state index in [1.165, 1.54) is 10.5 Å². The van der Waals surface area contributed by atoms with Crippen LogP contribution in [0.25, 0.3) is 0 Å². The predicted octanol–water partition coefficient (Wildman–Crippen LogP) is 4.24. The molecule has 24 heavy (non-hydrogen) atoms. The van der Waals surface area contributed by atoms with Crippen molar-refractivity contribution in [2.45, 2.75) is 16.6 Å². The number of fused-ring (bicyclic) bond motifs is 1. The first-order chi connectivity index (χ1) is 11.1. The van der Waals surface area contributed by atoms with E-state index < -0.39 is 0 Å². The summed E-state index contributed by atoms with van der Waals surface area (Å²) in [5.74, 6) is 0.207. The maximum atomic E-state index is 12.9. The molecule has 1 amide bonds. The summed E-state index contributed by atoms with van der Waals surface area (Å²) in [4.78, 5) is 18.1. The lowest BCUT2D eigenvalue weighted by Gasteiger charge is -2.24. The van der Waals surface area contributed by atoms with E-state index >= 15 is 0 Å². The topological polar surface area (TPSA) is 23.6 Å².